The summed E-state index contributed by atoms with van der Waals surface area (Å²) in [4.78, 5) is 0. The van der Waals surface area contributed by atoms with Gasteiger partial charge in [-0.15, -0.1) is 0 Å². The highest BCUT2D eigenvalue weighted by molar-refractivity contribution is 5.39. The summed E-state index contributed by atoms with van der Waals surface area (Å²) in [6, 6.07) is 4.34. The zero-order chi connectivity index (χ0) is 11.6. The number of nitrogens with one attached hydrogen (secondary N) is 1. The van der Waals surface area contributed by atoms with Crippen LogP contribution in [0.15, 0.2) is 18.2 Å². The minimum absolute atomic E-state index is 0.226. The van der Waals surface area contributed by atoms with Gasteiger partial charge in [0.05, 0.1) is 0 Å². The largest absolute Gasteiger partial charge is 0.502 e. The van der Waals surface area contributed by atoms with Crippen molar-refractivity contribution >= 4 is 0 Å². The van der Waals surface area contributed by atoms with Crippen molar-refractivity contribution in [3.63, 3.8) is 0 Å². The van der Waals surface area contributed by atoms with Crippen molar-refractivity contribution in [2.24, 2.45) is 0 Å². The van der Waals surface area contributed by atoms with E-state index in [1.54, 1.807) is 6.07 Å². The van der Waals surface area contributed by atoms with Gasteiger partial charge in [-0.05, 0) is 45.0 Å². The summed E-state index contributed by atoms with van der Waals surface area (Å²) < 4.78 is 18.8. The molecule has 16 heavy (non-hydrogen) atoms. The zero-order valence-corrected chi connectivity index (χ0v) is 9.29. The van der Waals surface area contributed by atoms with Crippen LogP contribution in [0.4, 0.5) is 4.39 Å². The minimum Gasteiger partial charge on any atom is -0.502 e. The lowest BCUT2D eigenvalue weighted by Crippen LogP contribution is -2.43. The number of phenolic OH excluding ortho intramolecular Hbond substituents is 1. The van der Waals surface area contributed by atoms with Gasteiger partial charge < -0.3 is 15.2 Å². The Morgan fingerprint density at radius 1 is 1.38 bits per heavy atom. The van der Waals surface area contributed by atoms with Crippen LogP contribution in [0.25, 0.3) is 0 Å². The molecule has 0 aromatic heterocycles. The Hall–Kier alpha value is -1.29. The first-order valence-corrected chi connectivity index (χ1v) is 5.48. The van der Waals surface area contributed by atoms with Gasteiger partial charge in [0, 0.05) is 0 Å². The van der Waals surface area contributed by atoms with Gasteiger partial charge in [0.25, 0.3) is 0 Å². The molecule has 4 heteroatoms. The first kappa shape index (κ1) is 11.2. The summed E-state index contributed by atoms with van der Waals surface area (Å²) >= 11 is 0. The van der Waals surface area contributed by atoms with Crippen LogP contribution >= 0.6 is 0 Å². The molecule has 0 atom stereocenters. The Bertz CT molecular complexity index is 375. The SMILES string of the molecule is CC1(Oc2cccc(F)c2O)CCNCC1. The number of halogens is 1. The Labute approximate surface area is 94.2 Å². The van der Waals surface area contributed by atoms with E-state index >= 15 is 0 Å². The molecule has 3 nitrogen and oxygen atoms in total. The molecule has 2 rings (SSSR count). The zero-order valence-electron chi connectivity index (χ0n) is 9.29. The molecule has 1 heterocycles. The van der Waals surface area contributed by atoms with Gasteiger partial charge in [0.2, 0.25) is 0 Å². The maximum Gasteiger partial charge on any atom is 0.194 e. The number of benzene rings is 1. The predicted molar refractivity (Wildman–Crippen MR) is 59.2 cm³/mol. The highest BCUT2D eigenvalue weighted by Crippen LogP contribution is 2.33. The molecular formula is C12H16FNO2. The lowest BCUT2D eigenvalue weighted by molar-refractivity contribution is 0.0522. The van der Waals surface area contributed by atoms with E-state index < -0.39 is 11.6 Å². The van der Waals surface area contributed by atoms with Crippen LogP contribution in [0.3, 0.4) is 0 Å². The molecule has 0 spiro atoms. The summed E-state index contributed by atoms with van der Waals surface area (Å²) in [5.74, 6) is -0.818. The summed E-state index contributed by atoms with van der Waals surface area (Å²) in [5.41, 5.74) is -0.323. The molecule has 0 bridgehead atoms. The number of phenols is 1. The number of ether oxygens (including phenoxy) is 1. The highest BCUT2D eigenvalue weighted by atomic mass is 19.1. The predicted octanol–water partition coefficient (Wildman–Crippen LogP) is 2.05. The van der Waals surface area contributed by atoms with E-state index in [1.165, 1.54) is 12.1 Å². The second-order valence-electron chi connectivity index (χ2n) is 4.39. The van der Waals surface area contributed by atoms with Crippen molar-refractivity contribution in [2.45, 2.75) is 25.4 Å². The molecule has 0 radical (unpaired) electrons. The van der Waals surface area contributed by atoms with Crippen LogP contribution in [0, 0.1) is 5.82 Å². The van der Waals surface area contributed by atoms with Crippen molar-refractivity contribution in [2.75, 3.05) is 13.1 Å². The molecular weight excluding hydrogens is 209 g/mol. The van der Waals surface area contributed by atoms with Gasteiger partial charge in [-0.2, -0.15) is 0 Å². The van der Waals surface area contributed by atoms with Crippen LogP contribution in [0.2, 0.25) is 0 Å². The fourth-order valence-electron chi connectivity index (χ4n) is 1.90. The van der Waals surface area contributed by atoms with Crippen LogP contribution < -0.4 is 10.1 Å². The van der Waals surface area contributed by atoms with E-state index in [2.05, 4.69) is 5.32 Å². The molecule has 0 amide bonds. The average Bonchev–Trinajstić information content (AvgIpc) is 2.26. The van der Waals surface area contributed by atoms with E-state index in [4.69, 9.17) is 4.74 Å². The number of aromatic hydroxyl groups is 1. The van der Waals surface area contributed by atoms with Crippen molar-refractivity contribution in [1.82, 2.24) is 5.32 Å². The molecule has 1 aliphatic rings. The molecule has 1 aromatic carbocycles. The molecule has 1 aromatic rings. The van der Waals surface area contributed by atoms with Crippen molar-refractivity contribution in [1.29, 1.82) is 0 Å². The van der Waals surface area contributed by atoms with Gasteiger partial charge >= 0.3 is 0 Å². The topological polar surface area (TPSA) is 41.5 Å². The molecule has 1 fully saturated rings. The number of piperidine rings is 1. The van der Waals surface area contributed by atoms with Crippen molar-refractivity contribution in [3.8, 4) is 11.5 Å². The average molecular weight is 225 g/mol. The number of hydrogen-bond donors (Lipinski definition) is 2. The van der Waals surface area contributed by atoms with Crippen molar-refractivity contribution in [3.05, 3.63) is 24.0 Å². The Morgan fingerprint density at radius 2 is 2.06 bits per heavy atom. The van der Waals surface area contributed by atoms with Gasteiger partial charge in [-0.1, -0.05) is 6.07 Å². The fraction of sp³-hybridized carbons (Fsp3) is 0.500. The van der Waals surface area contributed by atoms with Gasteiger partial charge in [-0.3, -0.25) is 0 Å². The first-order valence-electron chi connectivity index (χ1n) is 5.48. The van der Waals surface area contributed by atoms with E-state index in [9.17, 15) is 9.50 Å². The van der Waals surface area contributed by atoms with Crippen LogP contribution in [-0.4, -0.2) is 23.8 Å². The third-order valence-electron chi connectivity index (χ3n) is 2.97. The Morgan fingerprint density at radius 3 is 2.75 bits per heavy atom. The van der Waals surface area contributed by atoms with E-state index in [0.717, 1.165) is 25.9 Å². The first-order chi connectivity index (χ1) is 7.61. The lowest BCUT2D eigenvalue weighted by atomic mass is 9.94. The molecule has 0 aliphatic carbocycles. The van der Waals surface area contributed by atoms with Crippen LogP contribution in [0.5, 0.6) is 11.5 Å². The third-order valence-corrected chi connectivity index (χ3v) is 2.97. The standard InChI is InChI=1S/C12H16FNO2/c1-12(5-7-14-8-6-12)16-10-4-2-3-9(13)11(10)15/h2-4,14-15H,5-8H2,1H3. The molecule has 1 saturated heterocycles. The summed E-state index contributed by atoms with van der Waals surface area (Å²) in [6.07, 6.45) is 1.70. The Balaban J connectivity index is 2.16. The van der Waals surface area contributed by atoms with E-state index in [0.29, 0.717) is 0 Å². The van der Waals surface area contributed by atoms with E-state index in [1.807, 2.05) is 6.92 Å². The summed E-state index contributed by atoms with van der Waals surface area (Å²) in [6.45, 7) is 3.75. The van der Waals surface area contributed by atoms with Gasteiger partial charge in [0.1, 0.15) is 5.60 Å². The number of para-hydroxylation sites is 1. The smallest absolute Gasteiger partial charge is 0.194 e. The molecule has 1 aliphatic heterocycles. The quantitative estimate of drug-likeness (QED) is 0.809. The van der Waals surface area contributed by atoms with Gasteiger partial charge in [-0.25, -0.2) is 4.39 Å². The molecule has 2 N–H and O–H groups in total. The fourth-order valence-corrected chi connectivity index (χ4v) is 1.90. The summed E-state index contributed by atoms with van der Waals surface area (Å²) in [5, 5.41) is 12.8. The normalized spacial score (nSPS) is 19.4. The number of rotatable bonds is 2. The highest BCUT2D eigenvalue weighted by Gasteiger charge is 2.29. The monoisotopic (exact) mass is 225 g/mol. The second kappa shape index (κ2) is 4.29. The van der Waals surface area contributed by atoms with Crippen LogP contribution in [-0.2, 0) is 0 Å². The van der Waals surface area contributed by atoms with Crippen molar-refractivity contribution < 1.29 is 14.2 Å². The minimum atomic E-state index is -0.643. The second-order valence-corrected chi connectivity index (χ2v) is 4.39. The Kier molecular flexibility index (Phi) is 3.01. The molecule has 88 valence electrons. The van der Waals surface area contributed by atoms with Crippen LogP contribution in [0.1, 0.15) is 19.8 Å². The maximum absolute atomic E-state index is 13.1. The van der Waals surface area contributed by atoms with E-state index in [-0.39, 0.29) is 11.4 Å². The number of hydrogen-bond acceptors (Lipinski definition) is 3. The lowest BCUT2D eigenvalue weighted by Gasteiger charge is -2.34. The molecule has 0 unspecified atom stereocenters. The van der Waals surface area contributed by atoms with Gasteiger partial charge in [0.15, 0.2) is 17.3 Å². The third kappa shape index (κ3) is 2.27. The maximum atomic E-state index is 13.1. The molecule has 0 saturated carbocycles. The summed E-state index contributed by atoms with van der Waals surface area (Å²) in [7, 11) is 0.